The second kappa shape index (κ2) is 9.48. The van der Waals surface area contributed by atoms with Crippen LogP contribution in [0.1, 0.15) is 33.1 Å². The number of hydrogen-bond acceptors (Lipinski definition) is 5. The molecule has 7 heteroatoms. The molecular weight excluding hydrogens is 298 g/mol. The minimum absolute atomic E-state index is 0.174. The summed E-state index contributed by atoms with van der Waals surface area (Å²) in [5, 5.41) is 0. The van der Waals surface area contributed by atoms with E-state index in [0.29, 0.717) is 18.8 Å². The molecule has 1 aliphatic rings. The summed E-state index contributed by atoms with van der Waals surface area (Å²) in [5.41, 5.74) is 10.9. The van der Waals surface area contributed by atoms with Crippen LogP contribution in [0, 0.1) is 0 Å². The van der Waals surface area contributed by atoms with Crippen molar-refractivity contribution in [3.63, 3.8) is 0 Å². The summed E-state index contributed by atoms with van der Waals surface area (Å²) < 4.78 is 10.6. The maximum atomic E-state index is 12.3. The van der Waals surface area contributed by atoms with E-state index in [1.807, 2.05) is 13.8 Å². The van der Waals surface area contributed by atoms with Crippen molar-refractivity contribution in [2.75, 3.05) is 6.61 Å². The van der Waals surface area contributed by atoms with Gasteiger partial charge < -0.3 is 20.9 Å². The summed E-state index contributed by atoms with van der Waals surface area (Å²) in [6.45, 7) is 4.30. The quantitative estimate of drug-likeness (QED) is 0.298. The van der Waals surface area contributed by atoms with Gasteiger partial charge in [-0.2, -0.15) is 0 Å². The van der Waals surface area contributed by atoms with Crippen LogP contribution in [-0.2, 0) is 19.1 Å². The molecule has 0 aliphatic heterocycles. The molecule has 1 rings (SSSR count). The maximum Gasteiger partial charge on any atom is 0.331 e. The second-order valence-corrected chi connectivity index (χ2v) is 4.97. The largest absolute Gasteiger partial charge is 0.494 e. The predicted molar refractivity (Wildman–Crippen MR) is 87.1 cm³/mol. The van der Waals surface area contributed by atoms with E-state index in [1.165, 1.54) is 6.08 Å². The number of allylic oxidation sites excluding steroid dienone is 1. The van der Waals surface area contributed by atoms with Gasteiger partial charge >= 0.3 is 5.97 Å². The molecule has 4 N–H and O–H groups in total. The topological polar surface area (TPSA) is 117 Å². The molecule has 23 heavy (non-hydrogen) atoms. The third-order valence-corrected chi connectivity index (χ3v) is 3.12. The molecule has 0 amide bonds. The molecule has 0 aromatic heterocycles. The Kier molecular flexibility index (Phi) is 7.63. The van der Waals surface area contributed by atoms with Crippen LogP contribution < -0.4 is 11.5 Å². The van der Waals surface area contributed by atoms with Gasteiger partial charge in [0.15, 0.2) is 18.1 Å². The van der Waals surface area contributed by atoms with E-state index in [9.17, 15) is 9.59 Å². The van der Waals surface area contributed by atoms with Crippen LogP contribution in [0.2, 0.25) is 0 Å². The van der Waals surface area contributed by atoms with E-state index < -0.39 is 18.1 Å². The van der Waals surface area contributed by atoms with Gasteiger partial charge in [-0.05, 0) is 31.6 Å². The highest BCUT2D eigenvalue weighted by Gasteiger charge is 2.25. The Hall–Kier alpha value is -2.53. The lowest BCUT2D eigenvalue weighted by Gasteiger charge is -2.20. The Bertz CT molecular complexity index is 556. The monoisotopic (exact) mass is 321 g/mol. The molecule has 0 aromatic rings. The van der Waals surface area contributed by atoms with Gasteiger partial charge in [0.25, 0.3) is 0 Å². The van der Waals surface area contributed by atoms with E-state index in [2.05, 4.69) is 4.99 Å². The fourth-order valence-corrected chi connectivity index (χ4v) is 2.03. The number of esters is 1. The molecule has 0 saturated carbocycles. The molecule has 0 radical (unpaired) electrons. The fourth-order valence-electron chi connectivity index (χ4n) is 2.03. The molecule has 2 atom stereocenters. The number of rotatable bonds is 8. The smallest absolute Gasteiger partial charge is 0.331 e. The number of aliphatic imine (C=N–C) groups is 1. The van der Waals surface area contributed by atoms with Gasteiger partial charge in [0.2, 0.25) is 0 Å². The lowest BCUT2D eigenvalue weighted by atomic mass is 10.0. The molecular formula is C16H23N3O4. The molecule has 0 aromatic carbocycles. The van der Waals surface area contributed by atoms with Crippen molar-refractivity contribution in [3.05, 3.63) is 29.6 Å². The van der Waals surface area contributed by atoms with E-state index in [0.717, 1.165) is 12.8 Å². The Morgan fingerprint density at radius 3 is 2.74 bits per heavy atom. The third kappa shape index (κ3) is 6.00. The second-order valence-electron chi connectivity index (χ2n) is 4.97. The lowest BCUT2D eigenvalue weighted by molar-refractivity contribution is -0.147. The maximum absolute atomic E-state index is 12.3. The summed E-state index contributed by atoms with van der Waals surface area (Å²) >= 11 is 0. The first kappa shape index (κ1) is 18.5. The van der Waals surface area contributed by atoms with Crippen LogP contribution in [0.5, 0.6) is 0 Å². The Balaban J connectivity index is 2.80. The normalized spacial score (nSPS) is 17.7. The average Bonchev–Trinajstić information content (AvgIpc) is 2.52. The van der Waals surface area contributed by atoms with Crippen LogP contribution in [-0.4, -0.2) is 36.6 Å². The standard InChI is InChI=1S/C16H23N3O4/c1-3-5-6-13(19-16(17)18)15(21)23-14-8-7-12(22-4-2)9-11(14)10-20/h7-9,13-14H,3-6H2,1-2H3,(H4,17,18,19). The predicted octanol–water partition coefficient (Wildman–Crippen LogP) is 0.979. The van der Waals surface area contributed by atoms with Crippen LogP contribution in [0.3, 0.4) is 0 Å². The Labute approximate surface area is 135 Å². The summed E-state index contributed by atoms with van der Waals surface area (Å²) in [6, 6.07) is -0.779. The Morgan fingerprint density at radius 2 is 2.17 bits per heavy atom. The SMILES string of the molecule is CCCCC(N=C(N)N)C(=O)OC1C=CC(OCC)=CC1=C=O. The van der Waals surface area contributed by atoms with E-state index >= 15 is 0 Å². The number of ether oxygens (including phenoxy) is 2. The molecule has 0 heterocycles. The van der Waals surface area contributed by atoms with Gasteiger partial charge in [-0.15, -0.1) is 0 Å². The molecule has 1 aliphatic carbocycles. The highest BCUT2D eigenvalue weighted by molar-refractivity contribution is 5.83. The first-order valence-corrected chi connectivity index (χ1v) is 7.58. The number of nitrogens with zero attached hydrogens (tertiary/aromatic N) is 1. The van der Waals surface area contributed by atoms with Gasteiger partial charge in [0, 0.05) is 0 Å². The van der Waals surface area contributed by atoms with Gasteiger partial charge in [-0.1, -0.05) is 19.8 Å². The summed E-state index contributed by atoms with van der Waals surface area (Å²) in [5.74, 6) is 1.53. The van der Waals surface area contributed by atoms with Crippen LogP contribution in [0.25, 0.3) is 0 Å². The molecule has 7 nitrogen and oxygen atoms in total. The van der Waals surface area contributed by atoms with Crippen LogP contribution in [0.15, 0.2) is 34.6 Å². The van der Waals surface area contributed by atoms with E-state index in [1.54, 1.807) is 18.1 Å². The van der Waals surface area contributed by atoms with Crippen LogP contribution in [0.4, 0.5) is 0 Å². The lowest BCUT2D eigenvalue weighted by Crippen LogP contribution is -2.32. The van der Waals surface area contributed by atoms with Crippen molar-refractivity contribution in [2.45, 2.75) is 45.3 Å². The average molecular weight is 321 g/mol. The van der Waals surface area contributed by atoms with Crippen LogP contribution >= 0.6 is 0 Å². The first-order chi connectivity index (χ1) is 11.0. The van der Waals surface area contributed by atoms with Crippen molar-refractivity contribution in [1.82, 2.24) is 0 Å². The summed E-state index contributed by atoms with van der Waals surface area (Å²) in [4.78, 5) is 27.2. The first-order valence-electron chi connectivity index (χ1n) is 7.58. The summed E-state index contributed by atoms with van der Waals surface area (Å²) in [6.07, 6.45) is 6.04. The molecule has 0 fully saturated rings. The minimum Gasteiger partial charge on any atom is -0.494 e. The van der Waals surface area contributed by atoms with E-state index in [-0.39, 0.29) is 11.5 Å². The summed E-state index contributed by atoms with van der Waals surface area (Å²) in [7, 11) is 0. The van der Waals surface area contributed by atoms with E-state index in [4.69, 9.17) is 20.9 Å². The minimum atomic E-state index is -0.817. The van der Waals surface area contributed by atoms with Gasteiger partial charge in [0.1, 0.15) is 11.7 Å². The third-order valence-electron chi connectivity index (χ3n) is 3.12. The van der Waals surface area contributed by atoms with Gasteiger partial charge in [-0.25, -0.2) is 14.6 Å². The van der Waals surface area contributed by atoms with Crippen molar-refractivity contribution >= 4 is 17.9 Å². The number of hydrogen-bond donors (Lipinski definition) is 2. The van der Waals surface area contributed by atoms with Crippen molar-refractivity contribution in [1.29, 1.82) is 0 Å². The highest BCUT2D eigenvalue weighted by atomic mass is 16.5. The van der Waals surface area contributed by atoms with Gasteiger partial charge in [-0.3, -0.25) is 0 Å². The van der Waals surface area contributed by atoms with Crippen molar-refractivity contribution in [3.8, 4) is 0 Å². The number of carbonyl (C=O) groups excluding carboxylic acids is 2. The number of nitrogens with two attached hydrogens (primary N) is 2. The molecule has 0 bridgehead atoms. The molecule has 126 valence electrons. The van der Waals surface area contributed by atoms with Gasteiger partial charge in [0.05, 0.1) is 12.2 Å². The zero-order chi connectivity index (χ0) is 17.2. The zero-order valence-electron chi connectivity index (χ0n) is 13.5. The zero-order valence-corrected chi connectivity index (χ0v) is 13.5. The molecule has 0 spiro atoms. The fraction of sp³-hybridized carbons (Fsp3) is 0.500. The highest BCUT2D eigenvalue weighted by Crippen LogP contribution is 2.19. The number of carbonyl (C=O) groups is 1. The van der Waals surface area contributed by atoms with Crippen molar-refractivity contribution in [2.24, 2.45) is 16.5 Å². The number of unbranched alkanes of at least 4 members (excludes halogenated alkanes) is 1. The molecule has 0 saturated heterocycles. The molecule has 2 unspecified atom stereocenters. The number of guanidine groups is 1. The van der Waals surface area contributed by atoms with Crippen molar-refractivity contribution < 1.29 is 19.1 Å². The Morgan fingerprint density at radius 1 is 1.43 bits per heavy atom.